The molecule has 2 N–H and O–H groups in total. The van der Waals surface area contributed by atoms with Crippen LogP contribution in [0.15, 0.2) is 60.7 Å². The minimum Gasteiger partial charge on any atom is -0.357 e. The Kier molecular flexibility index (Phi) is 3.10. The number of carbonyl (C=O) groups excluding carboxylic acids is 1. The standard InChI is InChI=1S/C18H20N2O/c1-17(2)16(21)18(19,14-9-5-3-6-10-14)13-20(17)15-11-7-4-8-12-15/h3-12H,13,19H2,1-2H3. The van der Waals surface area contributed by atoms with E-state index in [1.165, 1.54) is 0 Å². The number of anilines is 1. The van der Waals surface area contributed by atoms with Crippen molar-refractivity contribution in [3.8, 4) is 0 Å². The number of rotatable bonds is 2. The Morgan fingerprint density at radius 1 is 0.952 bits per heavy atom. The minimum atomic E-state index is -0.958. The van der Waals surface area contributed by atoms with Crippen LogP contribution in [0, 0.1) is 0 Å². The molecule has 1 atom stereocenters. The Morgan fingerprint density at radius 2 is 1.48 bits per heavy atom. The highest BCUT2D eigenvalue weighted by atomic mass is 16.1. The molecular weight excluding hydrogens is 260 g/mol. The van der Waals surface area contributed by atoms with Gasteiger partial charge in [0, 0.05) is 12.2 Å². The van der Waals surface area contributed by atoms with Crippen LogP contribution in [0.3, 0.4) is 0 Å². The van der Waals surface area contributed by atoms with Gasteiger partial charge in [0.25, 0.3) is 0 Å². The van der Waals surface area contributed by atoms with Gasteiger partial charge >= 0.3 is 0 Å². The third kappa shape index (κ3) is 2.05. The molecule has 21 heavy (non-hydrogen) atoms. The van der Waals surface area contributed by atoms with Gasteiger partial charge < -0.3 is 10.6 Å². The molecule has 1 heterocycles. The van der Waals surface area contributed by atoms with E-state index in [0.717, 1.165) is 11.3 Å². The molecule has 0 aromatic heterocycles. The van der Waals surface area contributed by atoms with Gasteiger partial charge in [-0.1, -0.05) is 48.5 Å². The molecule has 3 nitrogen and oxygen atoms in total. The lowest BCUT2D eigenvalue weighted by molar-refractivity contribution is -0.125. The molecule has 2 aromatic rings. The fraction of sp³-hybridized carbons (Fsp3) is 0.278. The second-order valence-electron chi connectivity index (χ2n) is 6.15. The normalized spacial score (nSPS) is 24.3. The Labute approximate surface area is 125 Å². The van der Waals surface area contributed by atoms with Crippen molar-refractivity contribution in [3.05, 3.63) is 66.2 Å². The number of hydrogen-bond donors (Lipinski definition) is 1. The Balaban J connectivity index is 2.06. The average molecular weight is 280 g/mol. The molecule has 2 aromatic carbocycles. The summed E-state index contributed by atoms with van der Waals surface area (Å²) in [6, 6.07) is 19.6. The quantitative estimate of drug-likeness (QED) is 0.920. The van der Waals surface area contributed by atoms with E-state index in [9.17, 15) is 4.79 Å². The fourth-order valence-electron chi connectivity index (χ4n) is 3.17. The summed E-state index contributed by atoms with van der Waals surface area (Å²) in [6.45, 7) is 4.38. The first-order valence-corrected chi connectivity index (χ1v) is 7.18. The lowest BCUT2D eigenvalue weighted by Gasteiger charge is -2.31. The molecule has 1 fully saturated rings. The number of hydrogen-bond acceptors (Lipinski definition) is 3. The summed E-state index contributed by atoms with van der Waals surface area (Å²) < 4.78 is 0. The summed E-state index contributed by atoms with van der Waals surface area (Å²) in [7, 11) is 0. The highest BCUT2D eigenvalue weighted by molar-refractivity contribution is 6.03. The van der Waals surface area contributed by atoms with Crippen LogP contribution in [-0.2, 0) is 10.3 Å². The van der Waals surface area contributed by atoms with Crippen molar-refractivity contribution in [2.75, 3.05) is 11.4 Å². The maximum absolute atomic E-state index is 13.0. The Bertz CT molecular complexity index is 651. The number of nitrogens with zero attached hydrogens (tertiary/aromatic N) is 1. The third-order valence-electron chi connectivity index (χ3n) is 4.40. The molecule has 108 valence electrons. The van der Waals surface area contributed by atoms with Crippen LogP contribution < -0.4 is 10.6 Å². The molecule has 0 aliphatic carbocycles. The largest absolute Gasteiger partial charge is 0.357 e. The molecule has 3 heteroatoms. The highest BCUT2D eigenvalue weighted by Gasteiger charge is 2.55. The van der Waals surface area contributed by atoms with Gasteiger partial charge in [-0.15, -0.1) is 0 Å². The summed E-state index contributed by atoms with van der Waals surface area (Å²) in [6.07, 6.45) is 0. The molecule has 1 aliphatic rings. The van der Waals surface area contributed by atoms with Crippen molar-refractivity contribution < 1.29 is 4.79 Å². The van der Waals surface area contributed by atoms with E-state index in [0.29, 0.717) is 6.54 Å². The number of ketones is 1. The van der Waals surface area contributed by atoms with Gasteiger partial charge in [-0.2, -0.15) is 0 Å². The maximum atomic E-state index is 13.0. The average Bonchev–Trinajstić information content (AvgIpc) is 2.71. The van der Waals surface area contributed by atoms with Crippen LogP contribution in [0.1, 0.15) is 19.4 Å². The zero-order chi connectivity index (χ0) is 15.1. The lowest BCUT2D eigenvalue weighted by Crippen LogP contribution is -2.48. The van der Waals surface area contributed by atoms with Crippen molar-refractivity contribution >= 4 is 11.5 Å². The molecular formula is C18H20N2O. The fourth-order valence-corrected chi connectivity index (χ4v) is 3.17. The van der Waals surface area contributed by atoms with Crippen molar-refractivity contribution in [3.63, 3.8) is 0 Å². The molecule has 0 saturated carbocycles. The Hall–Kier alpha value is -2.13. The van der Waals surface area contributed by atoms with Gasteiger partial charge in [-0.3, -0.25) is 4.79 Å². The van der Waals surface area contributed by atoms with Gasteiger partial charge in [0.05, 0.1) is 5.54 Å². The molecule has 0 radical (unpaired) electrons. The first-order chi connectivity index (χ1) is 9.96. The molecule has 3 rings (SSSR count). The number of para-hydroxylation sites is 1. The van der Waals surface area contributed by atoms with Crippen molar-refractivity contribution in [2.24, 2.45) is 5.73 Å². The van der Waals surface area contributed by atoms with E-state index >= 15 is 0 Å². The molecule has 1 unspecified atom stereocenters. The number of carbonyl (C=O) groups is 1. The summed E-state index contributed by atoms with van der Waals surface area (Å²) in [4.78, 5) is 15.1. The topological polar surface area (TPSA) is 46.3 Å². The van der Waals surface area contributed by atoms with Gasteiger partial charge in [0.2, 0.25) is 0 Å². The van der Waals surface area contributed by atoms with Crippen LogP contribution >= 0.6 is 0 Å². The molecule has 0 amide bonds. The minimum absolute atomic E-state index is 0.0602. The molecule has 1 aliphatic heterocycles. The summed E-state index contributed by atoms with van der Waals surface area (Å²) in [5.41, 5.74) is 6.86. The SMILES string of the molecule is CC1(C)C(=O)C(N)(c2ccccc2)CN1c1ccccc1. The third-order valence-corrected chi connectivity index (χ3v) is 4.40. The van der Waals surface area contributed by atoms with E-state index in [2.05, 4.69) is 4.90 Å². The first-order valence-electron chi connectivity index (χ1n) is 7.18. The zero-order valence-corrected chi connectivity index (χ0v) is 12.4. The van der Waals surface area contributed by atoms with Gasteiger partial charge in [0.15, 0.2) is 5.78 Å². The van der Waals surface area contributed by atoms with E-state index in [4.69, 9.17) is 5.73 Å². The summed E-state index contributed by atoms with van der Waals surface area (Å²) in [5.74, 6) is 0.0602. The van der Waals surface area contributed by atoms with E-state index in [1.54, 1.807) is 0 Å². The maximum Gasteiger partial charge on any atom is 0.183 e. The number of Topliss-reactive ketones (excluding diaryl/α,β-unsaturated/α-hetero) is 1. The lowest BCUT2D eigenvalue weighted by atomic mass is 9.83. The smallest absolute Gasteiger partial charge is 0.183 e. The van der Waals surface area contributed by atoms with Crippen LogP contribution in [0.4, 0.5) is 5.69 Å². The van der Waals surface area contributed by atoms with Gasteiger partial charge in [0.1, 0.15) is 5.54 Å². The molecule has 0 spiro atoms. The summed E-state index contributed by atoms with van der Waals surface area (Å²) >= 11 is 0. The van der Waals surface area contributed by atoms with Crippen molar-refractivity contribution in [1.82, 2.24) is 0 Å². The molecule has 1 saturated heterocycles. The van der Waals surface area contributed by atoms with E-state index in [1.807, 2.05) is 74.5 Å². The second-order valence-corrected chi connectivity index (χ2v) is 6.15. The van der Waals surface area contributed by atoms with Crippen LogP contribution in [0.2, 0.25) is 0 Å². The van der Waals surface area contributed by atoms with Crippen LogP contribution in [-0.4, -0.2) is 17.9 Å². The molecule has 0 bridgehead atoms. The van der Waals surface area contributed by atoms with E-state index < -0.39 is 11.1 Å². The predicted molar refractivity (Wildman–Crippen MR) is 85.2 cm³/mol. The monoisotopic (exact) mass is 280 g/mol. The predicted octanol–water partition coefficient (Wildman–Crippen LogP) is 2.71. The van der Waals surface area contributed by atoms with Crippen LogP contribution in [0.25, 0.3) is 0 Å². The summed E-state index contributed by atoms with van der Waals surface area (Å²) in [5, 5.41) is 0. The second kappa shape index (κ2) is 4.71. The highest BCUT2D eigenvalue weighted by Crippen LogP contribution is 2.39. The Morgan fingerprint density at radius 3 is 2.05 bits per heavy atom. The number of benzene rings is 2. The van der Waals surface area contributed by atoms with E-state index in [-0.39, 0.29) is 5.78 Å². The van der Waals surface area contributed by atoms with Gasteiger partial charge in [-0.05, 0) is 31.5 Å². The number of nitrogens with two attached hydrogens (primary N) is 1. The van der Waals surface area contributed by atoms with Crippen molar-refractivity contribution in [2.45, 2.75) is 24.9 Å². The first kappa shape index (κ1) is 13.8. The van der Waals surface area contributed by atoms with Crippen molar-refractivity contribution in [1.29, 1.82) is 0 Å². The van der Waals surface area contributed by atoms with Gasteiger partial charge in [-0.25, -0.2) is 0 Å². The van der Waals surface area contributed by atoms with Crippen LogP contribution in [0.5, 0.6) is 0 Å². The zero-order valence-electron chi connectivity index (χ0n) is 12.4.